The predicted molar refractivity (Wildman–Crippen MR) is 94.9 cm³/mol. The van der Waals surface area contributed by atoms with Gasteiger partial charge in [0.15, 0.2) is 0 Å². The Morgan fingerprint density at radius 1 is 1.08 bits per heavy atom. The molecule has 0 radical (unpaired) electrons. The van der Waals surface area contributed by atoms with Crippen LogP contribution in [-0.2, 0) is 6.54 Å². The molecule has 24 heavy (non-hydrogen) atoms. The summed E-state index contributed by atoms with van der Waals surface area (Å²) in [6.07, 6.45) is 7.55. The second kappa shape index (κ2) is 6.13. The molecule has 2 saturated heterocycles. The Labute approximate surface area is 143 Å². The summed E-state index contributed by atoms with van der Waals surface area (Å²) in [5, 5.41) is 0. The smallest absolute Gasteiger partial charge is 0.225 e. The third-order valence-corrected chi connectivity index (χ3v) is 5.42. The topological polar surface area (TPSA) is 45.2 Å². The van der Waals surface area contributed by atoms with Gasteiger partial charge in [0.1, 0.15) is 0 Å². The summed E-state index contributed by atoms with van der Waals surface area (Å²) in [6, 6.07) is 6.33. The number of hydrogen-bond acceptors (Lipinski definition) is 5. The monoisotopic (exact) mass is 323 g/mol. The van der Waals surface area contributed by atoms with Crippen LogP contribution in [0.3, 0.4) is 0 Å². The van der Waals surface area contributed by atoms with Gasteiger partial charge in [-0.2, -0.15) is 0 Å². The Bertz CT molecular complexity index is 714. The Balaban J connectivity index is 1.51. The van der Waals surface area contributed by atoms with Crippen molar-refractivity contribution in [2.45, 2.75) is 45.2 Å². The first kappa shape index (κ1) is 15.5. The first-order chi connectivity index (χ1) is 11.6. The summed E-state index contributed by atoms with van der Waals surface area (Å²) in [4.78, 5) is 18.7. The molecule has 0 saturated carbocycles. The SMILES string of the molecule is Cc1cnc(N2CCC3(CCCN3Cc3cccc(C)n3)C2)nc1. The fourth-order valence-electron chi connectivity index (χ4n) is 4.16. The van der Waals surface area contributed by atoms with Crippen molar-refractivity contribution >= 4 is 5.95 Å². The minimum atomic E-state index is 0.264. The van der Waals surface area contributed by atoms with Crippen LogP contribution < -0.4 is 4.90 Å². The second-order valence-electron chi connectivity index (χ2n) is 7.25. The fraction of sp³-hybridized carbons (Fsp3) is 0.526. The summed E-state index contributed by atoms with van der Waals surface area (Å²) < 4.78 is 0. The number of likely N-dealkylation sites (tertiary alicyclic amines) is 1. The van der Waals surface area contributed by atoms with Crippen molar-refractivity contribution in [2.75, 3.05) is 24.5 Å². The van der Waals surface area contributed by atoms with E-state index in [9.17, 15) is 0 Å². The van der Waals surface area contributed by atoms with Crippen LogP contribution in [0.25, 0.3) is 0 Å². The lowest BCUT2D eigenvalue weighted by molar-refractivity contribution is 0.148. The van der Waals surface area contributed by atoms with Gasteiger partial charge in [-0.15, -0.1) is 0 Å². The summed E-state index contributed by atoms with van der Waals surface area (Å²) in [6.45, 7) is 8.28. The predicted octanol–water partition coefficient (Wildman–Crippen LogP) is 2.73. The van der Waals surface area contributed by atoms with E-state index in [0.717, 1.165) is 43.4 Å². The molecule has 0 N–H and O–H groups in total. The largest absolute Gasteiger partial charge is 0.339 e. The van der Waals surface area contributed by atoms with E-state index in [0.29, 0.717) is 0 Å². The van der Waals surface area contributed by atoms with Gasteiger partial charge in [0.2, 0.25) is 5.95 Å². The molecule has 2 aromatic heterocycles. The Morgan fingerprint density at radius 2 is 1.92 bits per heavy atom. The molecule has 2 aliphatic rings. The van der Waals surface area contributed by atoms with Crippen LogP contribution >= 0.6 is 0 Å². The lowest BCUT2D eigenvalue weighted by atomic mass is 9.95. The number of pyridine rings is 1. The molecule has 2 fully saturated rings. The Morgan fingerprint density at radius 3 is 2.71 bits per heavy atom. The van der Waals surface area contributed by atoms with E-state index >= 15 is 0 Å². The molecular formula is C19H25N5. The van der Waals surface area contributed by atoms with Crippen LogP contribution in [0.1, 0.15) is 36.2 Å². The molecule has 5 heteroatoms. The summed E-state index contributed by atoms with van der Waals surface area (Å²) in [5.41, 5.74) is 3.66. The molecule has 0 bridgehead atoms. The molecule has 0 aromatic carbocycles. The third kappa shape index (κ3) is 2.88. The van der Waals surface area contributed by atoms with Crippen molar-refractivity contribution in [3.05, 3.63) is 47.5 Å². The van der Waals surface area contributed by atoms with Crippen LogP contribution in [-0.4, -0.2) is 45.0 Å². The van der Waals surface area contributed by atoms with Gasteiger partial charge in [-0.3, -0.25) is 9.88 Å². The standard InChI is InChI=1S/C19H25N5/c1-15-11-20-18(21-12-15)23-10-8-19(14-23)7-4-9-24(19)13-17-6-3-5-16(2)22-17/h3,5-6,11-12H,4,7-10,13-14H2,1-2H3. The van der Waals surface area contributed by atoms with Gasteiger partial charge in [0.05, 0.1) is 5.69 Å². The van der Waals surface area contributed by atoms with Crippen LogP contribution in [0.2, 0.25) is 0 Å². The van der Waals surface area contributed by atoms with Crippen LogP contribution in [0.5, 0.6) is 0 Å². The van der Waals surface area contributed by atoms with E-state index < -0.39 is 0 Å². The van der Waals surface area contributed by atoms with Gasteiger partial charge in [0.25, 0.3) is 0 Å². The van der Waals surface area contributed by atoms with Gasteiger partial charge in [0, 0.05) is 43.3 Å². The van der Waals surface area contributed by atoms with Crippen LogP contribution in [0, 0.1) is 13.8 Å². The molecular weight excluding hydrogens is 298 g/mol. The van der Waals surface area contributed by atoms with Crippen LogP contribution in [0.4, 0.5) is 5.95 Å². The molecule has 1 unspecified atom stereocenters. The Kier molecular flexibility index (Phi) is 3.96. The third-order valence-electron chi connectivity index (χ3n) is 5.42. The number of anilines is 1. The number of nitrogens with zero attached hydrogens (tertiary/aromatic N) is 5. The lowest BCUT2D eigenvalue weighted by Crippen LogP contribution is -2.45. The summed E-state index contributed by atoms with van der Waals surface area (Å²) in [7, 11) is 0. The van der Waals surface area contributed by atoms with Crippen LogP contribution in [0.15, 0.2) is 30.6 Å². The van der Waals surface area contributed by atoms with Gasteiger partial charge in [-0.1, -0.05) is 6.07 Å². The maximum absolute atomic E-state index is 4.70. The maximum atomic E-state index is 4.70. The summed E-state index contributed by atoms with van der Waals surface area (Å²) >= 11 is 0. The number of rotatable bonds is 3. The quantitative estimate of drug-likeness (QED) is 0.869. The number of aromatic nitrogens is 3. The van der Waals surface area contributed by atoms with Crippen molar-refractivity contribution in [1.29, 1.82) is 0 Å². The zero-order valence-corrected chi connectivity index (χ0v) is 14.6. The molecule has 126 valence electrons. The highest BCUT2D eigenvalue weighted by atomic mass is 15.3. The number of hydrogen-bond donors (Lipinski definition) is 0. The fourth-order valence-corrected chi connectivity index (χ4v) is 4.16. The van der Waals surface area contributed by atoms with E-state index in [1.54, 1.807) is 0 Å². The van der Waals surface area contributed by atoms with E-state index in [1.807, 2.05) is 19.3 Å². The summed E-state index contributed by atoms with van der Waals surface area (Å²) in [5.74, 6) is 0.873. The van der Waals surface area contributed by atoms with Crippen molar-refractivity contribution in [3.63, 3.8) is 0 Å². The minimum Gasteiger partial charge on any atom is -0.339 e. The van der Waals surface area contributed by atoms with E-state index in [4.69, 9.17) is 4.98 Å². The molecule has 4 heterocycles. The highest BCUT2D eigenvalue weighted by Gasteiger charge is 2.46. The number of aryl methyl sites for hydroxylation is 2. The van der Waals surface area contributed by atoms with Gasteiger partial charge >= 0.3 is 0 Å². The first-order valence-electron chi connectivity index (χ1n) is 8.86. The first-order valence-corrected chi connectivity index (χ1v) is 8.86. The van der Waals surface area contributed by atoms with E-state index in [-0.39, 0.29) is 5.54 Å². The van der Waals surface area contributed by atoms with Gasteiger partial charge in [-0.25, -0.2) is 9.97 Å². The molecule has 1 spiro atoms. The Hall–Kier alpha value is -2.01. The molecule has 0 amide bonds. The average Bonchev–Trinajstić information content (AvgIpc) is 3.17. The zero-order valence-electron chi connectivity index (χ0n) is 14.6. The van der Waals surface area contributed by atoms with Crippen molar-refractivity contribution in [1.82, 2.24) is 19.9 Å². The highest BCUT2D eigenvalue weighted by molar-refractivity contribution is 5.34. The van der Waals surface area contributed by atoms with Crippen molar-refractivity contribution in [2.24, 2.45) is 0 Å². The maximum Gasteiger partial charge on any atom is 0.225 e. The molecule has 2 aromatic rings. The van der Waals surface area contributed by atoms with E-state index in [2.05, 4.69) is 44.9 Å². The molecule has 2 aliphatic heterocycles. The zero-order chi connectivity index (χ0) is 16.6. The lowest BCUT2D eigenvalue weighted by Gasteiger charge is -2.35. The van der Waals surface area contributed by atoms with E-state index in [1.165, 1.54) is 25.0 Å². The second-order valence-corrected chi connectivity index (χ2v) is 7.25. The highest BCUT2D eigenvalue weighted by Crippen LogP contribution is 2.39. The average molecular weight is 323 g/mol. The van der Waals surface area contributed by atoms with Crippen molar-refractivity contribution in [3.8, 4) is 0 Å². The molecule has 4 rings (SSSR count). The molecule has 5 nitrogen and oxygen atoms in total. The minimum absolute atomic E-state index is 0.264. The normalized spacial score (nSPS) is 24.2. The molecule has 1 atom stereocenters. The molecule has 0 aliphatic carbocycles. The van der Waals surface area contributed by atoms with Crippen molar-refractivity contribution < 1.29 is 0 Å². The van der Waals surface area contributed by atoms with Gasteiger partial charge in [-0.05, 0) is 57.4 Å². The van der Waals surface area contributed by atoms with Gasteiger partial charge < -0.3 is 4.90 Å².